The Morgan fingerprint density at radius 1 is 1.16 bits per heavy atom. The normalized spacial score (nSPS) is 13.1. The summed E-state index contributed by atoms with van der Waals surface area (Å²) in [4.78, 5) is 8.47. The molecule has 4 aromatic rings. The predicted molar refractivity (Wildman–Crippen MR) is 114 cm³/mol. The monoisotopic (exact) mass is 439 g/mol. The number of aromatic nitrogens is 6. The second-order valence-electron chi connectivity index (χ2n) is 7.39. The molecule has 166 valence electrons. The molecule has 2 unspecified atom stereocenters. The molecule has 0 saturated carbocycles. The molecule has 4 rings (SSSR count). The highest BCUT2D eigenvalue weighted by atomic mass is 19.1. The van der Waals surface area contributed by atoms with Gasteiger partial charge in [0.25, 0.3) is 0 Å². The Kier molecular flexibility index (Phi) is 6.50. The first kappa shape index (κ1) is 21.6. The zero-order chi connectivity index (χ0) is 22.5. The van der Waals surface area contributed by atoms with Crippen molar-refractivity contribution in [3.63, 3.8) is 0 Å². The smallest absolute Gasteiger partial charge is 0.181 e. The van der Waals surface area contributed by atoms with E-state index in [9.17, 15) is 8.78 Å². The number of ether oxygens (including phenoxy) is 1. The molecule has 10 heteroatoms. The van der Waals surface area contributed by atoms with Crippen LogP contribution in [0.4, 0.5) is 8.78 Å². The van der Waals surface area contributed by atoms with Gasteiger partial charge in [-0.05, 0) is 42.8 Å². The average molecular weight is 439 g/mol. The van der Waals surface area contributed by atoms with Gasteiger partial charge in [-0.1, -0.05) is 6.07 Å². The summed E-state index contributed by atoms with van der Waals surface area (Å²) in [5.74, 6) is 0.444. The molecule has 2 atom stereocenters. The van der Waals surface area contributed by atoms with Crippen molar-refractivity contribution in [2.24, 2.45) is 0 Å². The molecule has 0 spiro atoms. The summed E-state index contributed by atoms with van der Waals surface area (Å²) in [6.07, 6.45) is 2.99. The van der Waals surface area contributed by atoms with Crippen LogP contribution >= 0.6 is 0 Å². The molecule has 2 N–H and O–H groups in total. The standard InChI is InChI=1S/C22H23F2N7O/c1-14(19(11-31-13-25-12-27-31)18-8-5-16(23)9-20(18)24)26-10-21-28-22(30-29-21)15-3-6-17(32-2)7-4-15/h3-9,12-14,19,26H,10-11H2,1-2H3,(H,28,29,30). The Labute approximate surface area is 183 Å². The number of methoxy groups -OCH3 is 1. The van der Waals surface area contributed by atoms with E-state index in [4.69, 9.17) is 4.74 Å². The van der Waals surface area contributed by atoms with E-state index in [0.29, 0.717) is 30.3 Å². The molecular formula is C22H23F2N7O. The van der Waals surface area contributed by atoms with Crippen LogP contribution < -0.4 is 10.1 Å². The molecule has 0 aliphatic heterocycles. The van der Waals surface area contributed by atoms with Crippen LogP contribution in [0.5, 0.6) is 5.75 Å². The zero-order valence-corrected chi connectivity index (χ0v) is 17.7. The van der Waals surface area contributed by atoms with Crippen molar-refractivity contribution in [2.75, 3.05) is 7.11 Å². The number of nitrogens with zero attached hydrogens (tertiary/aromatic N) is 5. The van der Waals surface area contributed by atoms with Crippen molar-refractivity contribution in [1.82, 2.24) is 35.3 Å². The third-order valence-electron chi connectivity index (χ3n) is 5.29. The van der Waals surface area contributed by atoms with Crippen LogP contribution in [0.1, 0.15) is 24.2 Å². The summed E-state index contributed by atoms with van der Waals surface area (Å²) >= 11 is 0. The van der Waals surface area contributed by atoms with Gasteiger partial charge < -0.3 is 10.1 Å². The van der Waals surface area contributed by atoms with Crippen LogP contribution in [0.3, 0.4) is 0 Å². The second kappa shape index (κ2) is 9.65. The summed E-state index contributed by atoms with van der Waals surface area (Å²) in [7, 11) is 1.61. The third-order valence-corrected chi connectivity index (χ3v) is 5.29. The quantitative estimate of drug-likeness (QED) is 0.416. The minimum atomic E-state index is -0.612. The molecule has 2 aromatic carbocycles. The van der Waals surface area contributed by atoms with Gasteiger partial charge in [0.05, 0.1) is 20.2 Å². The lowest BCUT2D eigenvalue weighted by Gasteiger charge is -2.25. The van der Waals surface area contributed by atoms with Crippen LogP contribution in [-0.4, -0.2) is 43.1 Å². The van der Waals surface area contributed by atoms with Gasteiger partial charge >= 0.3 is 0 Å². The van der Waals surface area contributed by atoms with Gasteiger partial charge in [0.15, 0.2) is 5.82 Å². The third kappa shape index (κ3) is 4.97. The van der Waals surface area contributed by atoms with Gasteiger partial charge in [0, 0.05) is 23.6 Å². The van der Waals surface area contributed by atoms with E-state index in [1.165, 1.54) is 18.5 Å². The lowest BCUT2D eigenvalue weighted by Crippen LogP contribution is -2.35. The van der Waals surface area contributed by atoms with E-state index in [1.807, 2.05) is 31.2 Å². The number of H-pyrrole nitrogens is 1. The van der Waals surface area contributed by atoms with Crippen molar-refractivity contribution in [3.8, 4) is 17.1 Å². The van der Waals surface area contributed by atoms with Crippen LogP contribution in [-0.2, 0) is 13.1 Å². The summed E-state index contributed by atoms with van der Waals surface area (Å²) in [5, 5.41) is 14.7. The molecule has 0 aliphatic rings. The summed E-state index contributed by atoms with van der Waals surface area (Å²) < 4.78 is 34.8. The number of halogens is 2. The topological polar surface area (TPSA) is 93.5 Å². The molecule has 2 heterocycles. The Bertz CT molecular complexity index is 1150. The van der Waals surface area contributed by atoms with Crippen molar-refractivity contribution in [1.29, 1.82) is 0 Å². The minimum absolute atomic E-state index is 0.186. The summed E-state index contributed by atoms with van der Waals surface area (Å²) in [5.41, 5.74) is 1.26. The highest BCUT2D eigenvalue weighted by Crippen LogP contribution is 2.26. The van der Waals surface area contributed by atoms with Gasteiger partial charge in [0.1, 0.15) is 35.9 Å². The molecule has 0 bridgehead atoms. The molecule has 0 fully saturated rings. The van der Waals surface area contributed by atoms with Crippen LogP contribution in [0.15, 0.2) is 55.1 Å². The van der Waals surface area contributed by atoms with Crippen LogP contribution in [0, 0.1) is 11.6 Å². The van der Waals surface area contributed by atoms with Crippen LogP contribution in [0.25, 0.3) is 11.4 Å². The molecule has 2 aromatic heterocycles. The minimum Gasteiger partial charge on any atom is -0.497 e. The number of rotatable bonds is 9. The van der Waals surface area contributed by atoms with Gasteiger partial charge in [-0.25, -0.2) is 18.7 Å². The number of hydrogen-bond donors (Lipinski definition) is 2. The summed E-state index contributed by atoms with van der Waals surface area (Å²) in [6.45, 7) is 2.70. The average Bonchev–Trinajstić information content (AvgIpc) is 3.49. The maximum absolute atomic E-state index is 14.5. The molecule has 0 saturated heterocycles. The molecule has 0 amide bonds. The maximum atomic E-state index is 14.5. The van der Waals surface area contributed by atoms with E-state index in [-0.39, 0.29) is 12.0 Å². The number of benzene rings is 2. The molecule has 32 heavy (non-hydrogen) atoms. The Balaban J connectivity index is 1.47. The summed E-state index contributed by atoms with van der Waals surface area (Å²) in [6, 6.07) is 10.9. The van der Waals surface area contributed by atoms with Gasteiger partial charge in [-0.15, -0.1) is 0 Å². The maximum Gasteiger partial charge on any atom is 0.181 e. The van der Waals surface area contributed by atoms with E-state index in [1.54, 1.807) is 18.1 Å². The fourth-order valence-corrected chi connectivity index (χ4v) is 3.50. The van der Waals surface area contributed by atoms with Crippen molar-refractivity contribution in [2.45, 2.75) is 32.0 Å². The fraction of sp³-hybridized carbons (Fsp3) is 0.273. The second-order valence-corrected chi connectivity index (χ2v) is 7.39. The van der Waals surface area contributed by atoms with Crippen molar-refractivity contribution in [3.05, 3.63) is 78.1 Å². The Hall–Kier alpha value is -3.66. The van der Waals surface area contributed by atoms with E-state index in [2.05, 4.69) is 30.6 Å². The Morgan fingerprint density at radius 2 is 1.97 bits per heavy atom. The largest absolute Gasteiger partial charge is 0.497 e. The number of aromatic amines is 1. The van der Waals surface area contributed by atoms with E-state index < -0.39 is 11.6 Å². The van der Waals surface area contributed by atoms with Gasteiger partial charge in [-0.2, -0.15) is 10.2 Å². The van der Waals surface area contributed by atoms with Gasteiger partial charge in [-0.3, -0.25) is 9.78 Å². The number of nitrogens with one attached hydrogen (secondary N) is 2. The van der Waals surface area contributed by atoms with Crippen LogP contribution in [0.2, 0.25) is 0 Å². The SMILES string of the molecule is COc1ccc(-c2n[nH]c(CNC(C)C(Cn3cncn3)c3ccc(F)cc3F)n2)cc1. The first-order valence-corrected chi connectivity index (χ1v) is 10.1. The fourth-order valence-electron chi connectivity index (χ4n) is 3.50. The molecular weight excluding hydrogens is 416 g/mol. The van der Waals surface area contributed by atoms with Crippen molar-refractivity contribution < 1.29 is 13.5 Å². The van der Waals surface area contributed by atoms with Crippen molar-refractivity contribution >= 4 is 0 Å². The highest BCUT2D eigenvalue weighted by molar-refractivity contribution is 5.55. The zero-order valence-electron chi connectivity index (χ0n) is 17.7. The molecule has 0 radical (unpaired) electrons. The lowest BCUT2D eigenvalue weighted by atomic mass is 9.91. The van der Waals surface area contributed by atoms with E-state index in [0.717, 1.165) is 17.4 Å². The predicted octanol–water partition coefficient (Wildman–Crippen LogP) is 3.31. The first-order valence-electron chi connectivity index (χ1n) is 10.1. The highest BCUT2D eigenvalue weighted by Gasteiger charge is 2.24. The van der Waals surface area contributed by atoms with E-state index >= 15 is 0 Å². The van der Waals surface area contributed by atoms with Gasteiger partial charge in [0.2, 0.25) is 0 Å². The Morgan fingerprint density at radius 3 is 2.66 bits per heavy atom. The number of hydrogen-bond acceptors (Lipinski definition) is 6. The first-order chi connectivity index (χ1) is 15.5. The molecule has 0 aliphatic carbocycles. The lowest BCUT2D eigenvalue weighted by molar-refractivity contribution is 0.384. The molecule has 8 nitrogen and oxygen atoms in total.